The van der Waals surface area contributed by atoms with E-state index in [0.717, 1.165) is 36.2 Å². The van der Waals surface area contributed by atoms with Gasteiger partial charge in [-0.1, -0.05) is 20.8 Å². The first-order valence-corrected chi connectivity index (χ1v) is 8.37. The van der Waals surface area contributed by atoms with Gasteiger partial charge < -0.3 is 9.88 Å². The van der Waals surface area contributed by atoms with Crippen molar-refractivity contribution in [2.45, 2.75) is 40.3 Å². The second-order valence-electron chi connectivity index (χ2n) is 5.84. The highest BCUT2D eigenvalue weighted by atomic mass is 79.9. The Bertz CT molecular complexity index is 583. The quantitative estimate of drug-likeness (QED) is 0.829. The van der Waals surface area contributed by atoms with Crippen LogP contribution in [0.15, 0.2) is 22.8 Å². The molecular formula is C16H25BrN4. The summed E-state index contributed by atoms with van der Waals surface area (Å²) in [5.41, 5.74) is 3.65. The topological polar surface area (TPSA) is 34.8 Å². The molecule has 0 aliphatic rings. The molecule has 2 heterocycles. The summed E-state index contributed by atoms with van der Waals surface area (Å²) in [5, 5.41) is 8.07. The Morgan fingerprint density at radius 2 is 2.14 bits per heavy atom. The van der Waals surface area contributed by atoms with Crippen LogP contribution < -0.4 is 5.32 Å². The summed E-state index contributed by atoms with van der Waals surface area (Å²) in [6.07, 6.45) is 3.08. The predicted molar refractivity (Wildman–Crippen MR) is 90.4 cm³/mol. The number of hydrogen-bond donors (Lipinski definition) is 1. The van der Waals surface area contributed by atoms with Crippen LogP contribution in [0.2, 0.25) is 0 Å². The lowest BCUT2D eigenvalue weighted by molar-refractivity contribution is 0.536. The first-order valence-electron chi connectivity index (χ1n) is 7.57. The van der Waals surface area contributed by atoms with Gasteiger partial charge in [0.15, 0.2) is 0 Å². The van der Waals surface area contributed by atoms with E-state index in [-0.39, 0.29) is 0 Å². The van der Waals surface area contributed by atoms with E-state index in [2.05, 4.69) is 70.0 Å². The van der Waals surface area contributed by atoms with Crippen LogP contribution in [0, 0.1) is 5.92 Å². The van der Waals surface area contributed by atoms with E-state index in [9.17, 15) is 0 Å². The largest absolute Gasteiger partial charge is 0.344 e. The molecule has 0 aromatic carbocycles. The van der Waals surface area contributed by atoms with Crippen LogP contribution >= 0.6 is 15.9 Å². The van der Waals surface area contributed by atoms with Crippen molar-refractivity contribution in [3.63, 3.8) is 0 Å². The molecule has 1 N–H and O–H groups in total. The lowest BCUT2D eigenvalue weighted by Gasteiger charge is -2.12. The highest BCUT2D eigenvalue weighted by Crippen LogP contribution is 2.23. The first-order chi connectivity index (χ1) is 10.0. The van der Waals surface area contributed by atoms with E-state index in [1.165, 1.54) is 11.4 Å². The molecule has 4 nitrogen and oxygen atoms in total. The smallest absolute Gasteiger partial charge is 0.0767 e. The zero-order chi connectivity index (χ0) is 15.4. The van der Waals surface area contributed by atoms with E-state index < -0.39 is 0 Å². The maximum absolute atomic E-state index is 4.57. The average Bonchev–Trinajstić information content (AvgIpc) is 2.98. The van der Waals surface area contributed by atoms with Gasteiger partial charge in [-0.2, -0.15) is 5.10 Å². The monoisotopic (exact) mass is 352 g/mol. The molecular weight excluding hydrogens is 328 g/mol. The third-order valence-corrected chi connectivity index (χ3v) is 4.52. The molecule has 5 heteroatoms. The molecule has 0 saturated heterocycles. The van der Waals surface area contributed by atoms with Gasteiger partial charge in [-0.3, -0.25) is 4.68 Å². The Hall–Kier alpha value is -1.07. The molecule has 0 unspecified atom stereocenters. The third-order valence-electron chi connectivity index (χ3n) is 3.61. The Morgan fingerprint density at radius 1 is 1.38 bits per heavy atom. The summed E-state index contributed by atoms with van der Waals surface area (Å²) < 4.78 is 5.41. The average molecular weight is 353 g/mol. The minimum Gasteiger partial charge on any atom is -0.344 e. The Morgan fingerprint density at radius 3 is 2.76 bits per heavy atom. The molecule has 2 aromatic heterocycles. The van der Waals surface area contributed by atoms with Crippen molar-refractivity contribution >= 4 is 15.9 Å². The number of rotatable bonds is 7. The zero-order valence-electron chi connectivity index (χ0n) is 13.4. The van der Waals surface area contributed by atoms with Crippen LogP contribution in [-0.2, 0) is 26.6 Å². The van der Waals surface area contributed by atoms with Gasteiger partial charge in [0.25, 0.3) is 0 Å². The predicted octanol–water partition coefficient (Wildman–Crippen LogP) is 3.34. The molecule has 0 amide bonds. The minimum atomic E-state index is 0.673. The highest BCUT2D eigenvalue weighted by Gasteiger charge is 2.13. The van der Waals surface area contributed by atoms with Gasteiger partial charge in [0, 0.05) is 25.5 Å². The molecule has 0 fully saturated rings. The second-order valence-corrected chi connectivity index (χ2v) is 6.63. The molecule has 0 aliphatic carbocycles. The maximum atomic E-state index is 4.57. The van der Waals surface area contributed by atoms with Gasteiger partial charge in [0.2, 0.25) is 0 Å². The lowest BCUT2D eigenvalue weighted by Crippen LogP contribution is -2.21. The summed E-state index contributed by atoms with van der Waals surface area (Å²) in [6, 6.07) is 4.29. The van der Waals surface area contributed by atoms with Gasteiger partial charge in [0.1, 0.15) is 0 Å². The maximum Gasteiger partial charge on any atom is 0.0767 e. The van der Waals surface area contributed by atoms with Crippen LogP contribution in [-0.4, -0.2) is 20.9 Å². The minimum absolute atomic E-state index is 0.673. The molecule has 0 atom stereocenters. The van der Waals surface area contributed by atoms with Crippen LogP contribution in [0.25, 0.3) is 0 Å². The van der Waals surface area contributed by atoms with Crippen molar-refractivity contribution in [2.75, 3.05) is 6.54 Å². The van der Waals surface area contributed by atoms with Gasteiger partial charge in [-0.25, -0.2) is 0 Å². The van der Waals surface area contributed by atoms with Gasteiger partial charge in [-0.15, -0.1) is 0 Å². The Balaban J connectivity index is 2.10. The highest BCUT2D eigenvalue weighted by molar-refractivity contribution is 9.10. The first kappa shape index (κ1) is 16.3. The number of aromatic nitrogens is 3. The van der Waals surface area contributed by atoms with Gasteiger partial charge >= 0.3 is 0 Å². The van der Waals surface area contributed by atoms with Gasteiger partial charge in [-0.05, 0) is 46.9 Å². The SMILES string of the molecule is CCc1nn(C)c(Cn2cccc2CNCC(C)C)c1Br. The molecule has 116 valence electrons. The van der Waals surface area contributed by atoms with Crippen molar-refractivity contribution in [3.8, 4) is 0 Å². The normalized spacial score (nSPS) is 11.5. The summed E-state index contributed by atoms with van der Waals surface area (Å²) in [6.45, 7) is 9.38. The number of nitrogens with one attached hydrogen (secondary N) is 1. The van der Waals surface area contributed by atoms with E-state index in [1.807, 2.05) is 11.7 Å². The Kier molecular flexibility index (Phi) is 5.65. The number of nitrogens with zero attached hydrogens (tertiary/aromatic N) is 3. The summed E-state index contributed by atoms with van der Waals surface area (Å²) in [4.78, 5) is 0. The molecule has 0 saturated carbocycles. The van der Waals surface area contributed by atoms with Crippen LogP contribution in [0.5, 0.6) is 0 Å². The second kappa shape index (κ2) is 7.27. The summed E-state index contributed by atoms with van der Waals surface area (Å²) >= 11 is 3.69. The Labute approximate surface area is 135 Å². The van der Waals surface area contributed by atoms with E-state index >= 15 is 0 Å². The van der Waals surface area contributed by atoms with Gasteiger partial charge in [0.05, 0.1) is 22.4 Å². The van der Waals surface area contributed by atoms with Crippen molar-refractivity contribution < 1.29 is 0 Å². The molecule has 21 heavy (non-hydrogen) atoms. The number of hydrogen-bond acceptors (Lipinski definition) is 2. The van der Waals surface area contributed by atoms with E-state index in [4.69, 9.17) is 0 Å². The summed E-state index contributed by atoms with van der Waals surface area (Å²) in [7, 11) is 2.01. The number of aryl methyl sites for hydroxylation is 2. The standard InChI is InChI=1S/C16H25BrN4/c1-5-14-16(17)15(20(4)19-14)11-21-8-6-7-13(21)10-18-9-12(2)3/h6-8,12,18H,5,9-11H2,1-4H3. The van der Waals surface area contributed by atoms with E-state index in [1.54, 1.807) is 0 Å². The van der Waals surface area contributed by atoms with Crippen LogP contribution in [0.4, 0.5) is 0 Å². The van der Waals surface area contributed by atoms with Crippen molar-refractivity contribution in [2.24, 2.45) is 13.0 Å². The fourth-order valence-corrected chi connectivity index (χ4v) is 3.15. The van der Waals surface area contributed by atoms with Crippen molar-refractivity contribution in [1.82, 2.24) is 19.7 Å². The molecule has 2 aromatic rings. The summed E-state index contributed by atoms with van der Waals surface area (Å²) in [5.74, 6) is 0.673. The lowest BCUT2D eigenvalue weighted by atomic mass is 10.2. The molecule has 0 bridgehead atoms. The van der Waals surface area contributed by atoms with Crippen LogP contribution in [0.3, 0.4) is 0 Å². The fraction of sp³-hybridized carbons (Fsp3) is 0.562. The van der Waals surface area contributed by atoms with Crippen molar-refractivity contribution in [3.05, 3.63) is 39.9 Å². The molecule has 0 spiro atoms. The van der Waals surface area contributed by atoms with Crippen molar-refractivity contribution in [1.29, 1.82) is 0 Å². The third kappa shape index (κ3) is 3.98. The van der Waals surface area contributed by atoms with E-state index in [0.29, 0.717) is 5.92 Å². The zero-order valence-corrected chi connectivity index (χ0v) is 14.9. The molecule has 0 aliphatic heterocycles. The molecule has 2 rings (SSSR count). The number of halogens is 1. The fourth-order valence-electron chi connectivity index (χ4n) is 2.41. The molecule has 0 radical (unpaired) electrons. The van der Waals surface area contributed by atoms with Crippen LogP contribution in [0.1, 0.15) is 37.9 Å².